The minimum Gasteiger partial charge on any atom is -0.481 e. The lowest BCUT2D eigenvalue weighted by Crippen LogP contribution is -2.17. The first kappa shape index (κ1) is 11.4. The van der Waals surface area contributed by atoms with Crippen LogP contribution in [0.2, 0.25) is 0 Å². The molecule has 0 radical (unpaired) electrons. The van der Waals surface area contributed by atoms with E-state index in [1.165, 1.54) is 14.0 Å². The van der Waals surface area contributed by atoms with Crippen molar-refractivity contribution in [2.45, 2.75) is 13.3 Å². The van der Waals surface area contributed by atoms with Crippen LogP contribution in [-0.4, -0.2) is 18.0 Å². The van der Waals surface area contributed by atoms with Crippen LogP contribution in [0.1, 0.15) is 27.9 Å². The number of alkyl halides is 2. The van der Waals surface area contributed by atoms with E-state index >= 15 is 0 Å². The number of halogens is 2. The average molecular weight is 216 g/mol. The zero-order valence-corrected chi connectivity index (χ0v) is 8.25. The molecular weight excluding hydrogens is 206 g/mol. The molecule has 0 aliphatic rings. The van der Waals surface area contributed by atoms with Crippen molar-refractivity contribution < 1.29 is 18.3 Å². The number of aromatic nitrogens is 1. The van der Waals surface area contributed by atoms with Gasteiger partial charge in [0.25, 0.3) is 6.43 Å². The highest BCUT2D eigenvalue weighted by atomic mass is 19.3. The summed E-state index contributed by atoms with van der Waals surface area (Å²) in [6.07, 6.45) is -1.89. The molecular formula is C9H10F2N2O2. The van der Waals surface area contributed by atoms with Gasteiger partial charge in [-0.3, -0.25) is 4.79 Å². The Kier molecular flexibility index (Phi) is 3.18. The van der Waals surface area contributed by atoms with Crippen molar-refractivity contribution in [2.75, 3.05) is 7.11 Å². The quantitative estimate of drug-likeness (QED) is 0.831. The van der Waals surface area contributed by atoms with Gasteiger partial charge in [0.2, 0.25) is 11.8 Å². The Bertz CT molecular complexity index is 394. The van der Waals surface area contributed by atoms with E-state index in [0.29, 0.717) is 0 Å². The van der Waals surface area contributed by atoms with Gasteiger partial charge in [-0.1, -0.05) is 0 Å². The number of methoxy groups -OCH3 is 1. The van der Waals surface area contributed by atoms with Crippen LogP contribution in [0.25, 0.3) is 0 Å². The Balaban J connectivity index is 3.44. The fraction of sp³-hybridized carbons (Fsp3) is 0.333. The third-order valence-electron chi connectivity index (χ3n) is 1.98. The first-order valence-electron chi connectivity index (χ1n) is 4.10. The van der Waals surface area contributed by atoms with E-state index < -0.39 is 17.9 Å². The van der Waals surface area contributed by atoms with Crippen molar-refractivity contribution in [3.05, 3.63) is 22.9 Å². The first-order chi connectivity index (χ1) is 6.99. The summed E-state index contributed by atoms with van der Waals surface area (Å²) in [6.45, 7) is 1.46. The largest absolute Gasteiger partial charge is 0.481 e. The maximum Gasteiger partial charge on any atom is 0.266 e. The predicted molar refractivity (Wildman–Crippen MR) is 49.0 cm³/mol. The van der Waals surface area contributed by atoms with Crippen LogP contribution < -0.4 is 10.5 Å². The van der Waals surface area contributed by atoms with Gasteiger partial charge in [0.05, 0.1) is 12.7 Å². The van der Waals surface area contributed by atoms with Crippen molar-refractivity contribution in [1.29, 1.82) is 0 Å². The number of carbonyl (C=O) groups excluding carboxylic acids is 1. The third-order valence-corrected chi connectivity index (χ3v) is 1.98. The van der Waals surface area contributed by atoms with Crippen LogP contribution >= 0.6 is 0 Å². The fourth-order valence-electron chi connectivity index (χ4n) is 1.31. The highest BCUT2D eigenvalue weighted by Gasteiger charge is 2.21. The number of nitrogens with zero attached hydrogens (tertiary/aromatic N) is 1. The fourth-order valence-corrected chi connectivity index (χ4v) is 1.31. The van der Waals surface area contributed by atoms with Gasteiger partial charge in [-0.15, -0.1) is 0 Å². The molecule has 0 unspecified atom stereocenters. The van der Waals surface area contributed by atoms with E-state index in [2.05, 4.69) is 4.98 Å². The zero-order valence-electron chi connectivity index (χ0n) is 8.25. The molecule has 6 heteroatoms. The number of nitrogens with two attached hydrogens (primary N) is 1. The highest BCUT2D eigenvalue weighted by molar-refractivity contribution is 5.96. The van der Waals surface area contributed by atoms with Crippen LogP contribution in [0.5, 0.6) is 5.88 Å². The van der Waals surface area contributed by atoms with Crippen LogP contribution in [0.4, 0.5) is 8.78 Å². The summed E-state index contributed by atoms with van der Waals surface area (Å²) in [5.41, 5.74) is 4.55. The summed E-state index contributed by atoms with van der Waals surface area (Å²) < 4.78 is 29.8. The SMILES string of the molecule is COc1ncc(C(F)F)c(C(N)=O)c1C. The molecule has 0 fully saturated rings. The van der Waals surface area contributed by atoms with Crippen molar-refractivity contribution >= 4 is 5.91 Å². The summed E-state index contributed by atoms with van der Waals surface area (Å²) in [7, 11) is 1.34. The van der Waals surface area contributed by atoms with Crippen molar-refractivity contribution in [1.82, 2.24) is 4.98 Å². The molecule has 1 amide bonds. The van der Waals surface area contributed by atoms with E-state index in [1.54, 1.807) is 0 Å². The average Bonchev–Trinajstić information content (AvgIpc) is 2.16. The Hall–Kier alpha value is -1.72. The lowest BCUT2D eigenvalue weighted by molar-refractivity contribution is 0.0984. The molecule has 0 bridgehead atoms. The number of ether oxygens (including phenoxy) is 1. The molecule has 0 atom stereocenters. The number of carbonyl (C=O) groups is 1. The van der Waals surface area contributed by atoms with Gasteiger partial charge in [0.1, 0.15) is 0 Å². The lowest BCUT2D eigenvalue weighted by Gasteiger charge is -2.11. The minimum absolute atomic E-state index is 0.119. The molecule has 2 N–H and O–H groups in total. The standard InChI is InChI=1S/C9H10F2N2O2/c1-4-6(8(12)14)5(7(10)11)3-13-9(4)15-2/h3,7H,1-2H3,(H2,12,14). The maximum absolute atomic E-state index is 12.5. The van der Waals surface area contributed by atoms with Crippen LogP contribution in [-0.2, 0) is 0 Å². The van der Waals surface area contributed by atoms with E-state index in [4.69, 9.17) is 10.5 Å². The third kappa shape index (κ3) is 2.03. The molecule has 0 saturated carbocycles. The molecule has 1 aromatic heterocycles. The summed E-state index contributed by atoms with van der Waals surface area (Å²) in [5, 5.41) is 0. The topological polar surface area (TPSA) is 65.2 Å². The Morgan fingerprint density at radius 3 is 2.60 bits per heavy atom. The van der Waals surface area contributed by atoms with E-state index in [9.17, 15) is 13.6 Å². The molecule has 1 aromatic rings. The molecule has 0 aromatic carbocycles. The van der Waals surface area contributed by atoms with Gasteiger partial charge >= 0.3 is 0 Å². The van der Waals surface area contributed by atoms with Crippen molar-refractivity contribution in [2.24, 2.45) is 5.73 Å². The Labute approximate surface area is 85.1 Å². The predicted octanol–water partition coefficient (Wildman–Crippen LogP) is 1.44. The smallest absolute Gasteiger partial charge is 0.266 e. The summed E-state index contributed by atoms with van der Waals surface area (Å²) in [5.74, 6) is -0.795. The number of hydrogen-bond acceptors (Lipinski definition) is 3. The van der Waals surface area contributed by atoms with Gasteiger partial charge in [-0.25, -0.2) is 13.8 Å². The van der Waals surface area contributed by atoms with Gasteiger partial charge in [0, 0.05) is 17.3 Å². The second kappa shape index (κ2) is 4.20. The molecule has 15 heavy (non-hydrogen) atoms. The number of rotatable bonds is 3. The second-order valence-corrected chi connectivity index (χ2v) is 2.89. The van der Waals surface area contributed by atoms with Crippen molar-refractivity contribution in [3.63, 3.8) is 0 Å². The lowest BCUT2D eigenvalue weighted by atomic mass is 10.0. The van der Waals surface area contributed by atoms with Gasteiger partial charge in [-0.05, 0) is 6.92 Å². The number of primary amides is 1. The first-order valence-corrected chi connectivity index (χ1v) is 4.10. The van der Waals surface area contributed by atoms with E-state index in [-0.39, 0.29) is 17.0 Å². The van der Waals surface area contributed by atoms with E-state index in [1.807, 2.05) is 0 Å². The molecule has 4 nitrogen and oxygen atoms in total. The summed E-state index contributed by atoms with van der Waals surface area (Å²) >= 11 is 0. The molecule has 82 valence electrons. The molecule has 0 saturated heterocycles. The van der Waals surface area contributed by atoms with Crippen LogP contribution in [0.15, 0.2) is 6.20 Å². The number of hydrogen-bond donors (Lipinski definition) is 1. The molecule has 0 aliphatic heterocycles. The molecule has 1 heterocycles. The van der Waals surface area contributed by atoms with Gasteiger partial charge < -0.3 is 10.5 Å². The molecule has 0 spiro atoms. The van der Waals surface area contributed by atoms with Gasteiger partial charge in [0.15, 0.2) is 0 Å². The molecule has 0 aliphatic carbocycles. The summed E-state index contributed by atoms with van der Waals surface area (Å²) in [4.78, 5) is 14.7. The van der Waals surface area contributed by atoms with Crippen LogP contribution in [0, 0.1) is 6.92 Å². The second-order valence-electron chi connectivity index (χ2n) is 2.89. The highest BCUT2D eigenvalue weighted by Crippen LogP contribution is 2.28. The van der Waals surface area contributed by atoms with Gasteiger partial charge in [-0.2, -0.15) is 0 Å². The number of pyridine rings is 1. The molecule has 1 rings (SSSR count). The Morgan fingerprint density at radius 1 is 1.60 bits per heavy atom. The number of amides is 1. The zero-order chi connectivity index (χ0) is 11.6. The van der Waals surface area contributed by atoms with Crippen LogP contribution in [0.3, 0.4) is 0 Å². The maximum atomic E-state index is 12.5. The normalized spacial score (nSPS) is 10.5. The van der Waals surface area contributed by atoms with Crippen molar-refractivity contribution in [3.8, 4) is 5.88 Å². The monoisotopic (exact) mass is 216 g/mol. The summed E-state index contributed by atoms with van der Waals surface area (Å²) in [6, 6.07) is 0. The Morgan fingerprint density at radius 2 is 2.20 bits per heavy atom. The minimum atomic E-state index is -2.79. The van der Waals surface area contributed by atoms with E-state index in [0.717, 1.165) is 6.20 Å².